The Labute approximate surface area is 168 Å². The van der Waals surface area contributed by atoms with Crippen LogP contribution in [0.1, 0.15) is 30.7 Å². The largest absolute Gasteiger partial charge is 0.388 e. The van der Waals surface area contributed by atoms with Gasteiger partial charge in [-0.3, -0.25) is 9.48 Å². The van der Waals surface area contributed by atoms with Crippen LogP contribution < -0.4 is 0 Å². The number of hydrogen-bond acceptors (Lipinski definition) is 7. The van der Waals surface area contributed by atoms with Gasteiger partial charge in [0, 0.05) is 44.2 Å². The molecule has 29 heavy (non-hydrogen) atoms. The average Bonchev–Trinajstić information content (AvgIpc) is 3.35. The molecule has 3 aromatic rings. The second-order valence-corrected chi connectivity index (χ2v) is 7.33. The van der Waals surface area contributed by atoms with Crippen molar-refractivity contribution in [1.29, 1.82) is 0 Å². The molecular formula is C20H25N5O4. The fraction of sp³-hybridized carbons (Fsp3) is 0.500. The molecule has 0 bridgehead atoms. The number of carbonyl (C=O) groups is 1. The summed E-state index contributed by atoms with van der Waals surface area (Å²) in [6.45, 7) is 2.88. The van der Waals surface area contributed by atoms with Gasteiger partial charge in [-0.1, -0.05) is 17.3 Å². The van der Waals surface area contributed by atoms with Crippen LogP contribution in [0, 0.1) is 0 Å². The molecule has 0 radical (unpaired) electrons. The number of methoxy groups -OCH3 is 1. The number of hydrogen-bond donors (Lipinski definition) is 0. The third-order valence-electron chi connectivity index (χ3n) is 5.29. The van der Waals surface area contributed by atoms with Crippen molar-refractivity contribution in [2.24, 2.45) is 0 Å². The third kappa shape index (κ3) is 4.01. The van der Waals surface area contributed by atoms with Gasteiger partial charge in [0.05, 0.1) is 31.0 Å². The molecule has 1 amide bonds. The molecule has 5 rings (SSSR count). The van der Waals surface area contributed by atoms with E-state index in [2.05, 4.69) is 26.0 Å². The van der Waals surface area contributed by atoms with Gasteiger partial charge >= 0.3 is 0 Å². The summed E-state index contributed by atoms with van der Waals surface area (Å²) in [4.78, 5) is 17.2. The number of ether oxygens (including phenoxy) is 2. The molecule has 9 nitrogen and oxygen atoms in total. The highest BCUT2D eigenvalue weighted by molar-refractivity contribution is 5.83. The van der Waals surface area contributed by atoms with Gasteiger partial charge in [-0.25, -0.2) is 0 Å². The third-order valence-corrected chi connectivity index (χ3v) is 5.29. The number of rotatable bonds is 4. The van der Waals surface area contributed by atoms with Crippen molar-refractivity contribution in [3.8, 4) is 11.4 Å². The lowest BCUT2D eigenvalue weighted by atomic mass is 9.97. The molecule has 2 aliphatic rings. The average molecular weight is 399 g/mol. The zero-order chi connectivity index (χ0) is 20.2. The highest BCUT2D eigenvalue weighted by atomic mass is 16.5. The van der Waals surface area contributed by atoms with Crippen LogP contribution in [0.25, 0.3) is 22.3 Å². The molecule has 0 N–H and O–H groups in total. The number of likely N-dealkylation sites (tertiary alicyclic amines) is 1. The number of fused-ring (bicyclic) bond motifs is 1. The van der Waals surface area contributed by atoms with Crippen LogP contribution in [0.3, 0.4) is 0 Å². The highest BCUT2D eigenvalue weighted by Gasteiger charge is 2.26. The Kier molecular flexibility index (Phi) is 5.86. The van der Waals surface area contributed by atoms with Crippen molar-refractivity contribution in [1.82, 2.24) is 24.8 Å². The number of carbonyl (C=O) groups excluding carboxylic acids is 1. The molecule has 0 spiro atoms. The summed E-state index contributed by atoms with van der Waals surface area (Å²) >= 11 is 0. The first kappa shape index (κ1) is 19.5. The van der Waals surface area contributed by atoms with Gasteiger partial charge in [-0.2, -0.15) is 10.1 Å². The lowest BCUT2D eigenvalue weighted by Crippen LogP contribution is -2.31. The minimum absolute atomic E-state index is 0.217. The summed E-state index contributed by atoms with van der Waals surface area (Å²) in [6, 6.07) is 6.39. The molecular weight excluding hydrogens is 374 g/mol. The van der Waals surface area contributed by atoms with E-state index in [-0.39, 0.29) is 5.92 Å². The standard InChI is InChI=1S/C18H19N5O3.C2H6O/c24-11-22-5-3-12(4-6-22)18-20-17(21-26-18)13-1-2-14-8-19-23(16(14)7-13)15-9-25-10-15;1-3-2/h1-2,7-8,11-12,15H,3-6,9-10H2;1-2H3. The summed E-state index contributed by atoms with van der Waals surface area (Å²) in [5, 5.41) is 9.75. The molecule has 0 saturated carbocycles. The van der Waals surface area contributed by atoms with E-state index in [1.54, 1.807) is 19.1 Å². The quantitative estimate of drug-likeness (QED) is 0.621. The first-order valence-corrected chi connectivity index (χ1v) is 9.72. The summed E-state index contributed by atoms with van der Waals surface area (Å²) in [5.41, 5.74) is 1.97. The van der Waals surface area contributed by atoms with E-state index in [1.165, 1.54) is 0 Å². The van der Waals surface area contributed by atoms with Crippen LogP contribution in [0.5, 0.6) is 0 Å². The van der Waals surface area contributed by atoms with Gasteiger partial charge in [-0.15, -0.1) is 0 Å². The van der Waals surface area contributed by atoms with Gasteiger partial charge in [-0.05, 0) is 18.9 Å². The van der Waals surface area contributed by atoms with E-state index < -0.39 is 0 Å². The zero-order valence-corrected chi connectivity index (χ0v) is 16.7. The summed E-state index contributed by atoms with van der Waals surface area (Å²) < 4.78 is 17.1. The molecule has 0 aliphatic carbocycles. The Morgan fingerprint density at radius 2 is 1.97 bits per heavy atom. The Morgan fingerprint density at radius 3 is 2.62 bits per heavy atom. The van der Waals surface area contributed by atoms with E-state index in [0.29, 0.717) is 31.0 Å². The van der Waals surface area contributed by atoms with Gasteiger partial charge in [0.15, 0.2) is 0 Å². The topological polar surface area (TPSA) is 95.5 Å². The summed E-state index contributed by atoms with van der Waals surface area (Å²) in [7, 11) is 3.25. The molecule has 9 heteroatoms. The molecule has 2 saturated heterocycles. The van der Waals surface area contributed by atoms with Crippen molar-refractivity contribution in [3.63, 3.8) is 0 Å². The van der Waals surface area contributed by atoms with E-state index in [4.69, 9.17) is 9.26 Å². The molecule has 0 atom stereocenters. The van der Waals surface area contributed by atoms with E-state index in [9.17, 15) is 4.79 Å². The maximum atomic E-state index is 10.8. The smallest absolute Gasteiger partial charge is 0.230 e. The number of nitrogens with zero attached hydrogens (tertiary/aromatic N) is 5. The van der Waals surface area contributed by atoms with Crippen molar-refractivity contribution in [2.75, 3.05) is 40.5 Å². The normalized spacial score (nSPS) is 17.7. The van der Waals surface area contributed by atoms with Crippen molar-refractivity contribution < 1.29 is 18.8 Å². The van der Waals surface area contributed by atoms with Gasteiger partial charge in [0.25, 0.3) is 0 Å². The molecule has 2 aliphatic heterocycles. The maximum Gasteiger partial charge on any atom is 0.230 e. The van der Waals surface area contributed by atoms with E-state index in [1.807, 2.05) is 23.0 Å². The number of amides is 1. The Morgan fingerprint density at radius 1 is 1.21 bits per heavy atom. The highest BCUT2D eigenvalue weighted by Crippen LogP contribution is 2.30. The fourth-order valence-electron chi connectivity index (χ4n) is 3.60. The number of benzene rings is 1. The molecule has 2 fully saturated rings. The van der Waals surface area contributed by atoms with Gasteiger partial charge < -0.3 is 18.9 Å². The molecule has 2 aromatic heterocycles. The predicted octanol–water partition coefficient (Wildman–Crippen LogP) is 2.26. The van der Waals surface area contributed by atoms with E-state index >= 15 is 0 Å². The summed E-state index contributed by atoms with van der Waals surface area (Å²) in [5.74, 6) is 1.47. The molecule has 4 heterocycles. The van der Waals surface area contributed by atoms with Crippen molar-refractivity contribution >= 4 is 17.3 Å². The fourth-order valence-corrected chi connectivity index (χ4v) is 3.60. The van der Waals surface area contributed by atoms with Crippen LogP contribution in [0.15, 0.2) is 28.9 Å². The molecule has 1 aromatic carbocycles. The van der Waals surface area contributed by atoms with Gasteiger partial charge in [0.2, 0.25) is 18.1 Å². The van der Waals surface area contributed by atoms with Crippen LogP contribution in [-0.2, 0) is 14.3 Å². The first-order valence-electron chi connectivity index (χ1n) is 9.72. The Hall–Kier alpha value is -2.78. The Balaban J connectivity index is 0.000000645. The summed E-state index contributed by atoms with van der Waals surface area (Å²) in [6.07, 6.45) is 4.49. The van der Waals surface area contributed by atoms with Crippen LogP contribution in [0.4, 0.5) is 0 Å². The van der Waals surface area contributed by atoms with Crippen LogP contribution >= 0.6 is 0 Å². The SMILES string of the molecule is COC.O=CN1CCC(c2nc(-c3ccc4cnn(C5COC5)c4c3)no2)CC1. The monoisotopic (exact) mass is 399 g/mol. The van der Waals surface area contributed by atoms with Crippen LogP contribution in [0.2, 0.25) is 0 Å². The van der Waals surface area contributed by atoms with E-state index in [0.717, 1.165) is 48.8 Å². The predicted molar refractivity (Wildman–Crippen MR) is 105 cm³/mol. The van der Waals surface area contributed by atoms with Crippen LogP contribution in [-0.4, -0.2) is 71.8 Å². The van der Waals surface area contributed by atoms with Crippen molar-refractivity contribution in [3.05, 3.63) is 30.3 Å². The minimum Gasteiger partial charge on any atom is -0.388 e. The maximum absolute atomic E-state index is 10.8. The molecule has 0 unspecified atom stereocenters. The second kappa shape index (κ2) is 8.71. The molecule has 154 valence electrons. The second-order valence-electron chi connectivity index (χ2n) is 7.33. The lowest BCUT2D eigenvalue weighted by Gasteiger charge is -2.26. The first-order chi connectivity index (χ1) is 14.2. The Bertz CT molecular complexity index is 957. The number of aromatic nitrogens is 4. The number of piperidine rings is 1. The van der Waals surface area contributed by atoms with Crippen molar-refractivity contribution in [2.45, 2.75) is 24.8 Å². The minimum atomic E-state index is 0.217. The lowest BCUT2D eigenvalue weighted by molar-refractivity contribution is -0.119. The zero-order valence-electron chi connectivity index (χ0n) is 16.7. The van der Waals surface area contributed by atoms with Gasteiger partial charge in [0.1, 0.15) is 0 Å².